The molecular formula is C13H11N3O3. The van der Waals surface area contributed by atoms with E-state index in [2.05, 4.69) is 10.3 Å². The van der Waals surface area contributed by atoms with E-state index < -0.39 is 5.97 Å². The van der Waals surface area contributed by atoms with E-state index in [-0.39, 0.29) is 24.5 Å². The Bertz CT molecular complexity index is 614. The normalized spacial score (nSPS) is 9.84. The predicted molar refractivity (Wildman–Crippen MR) is 67.4 cm³/mol. The van der Waals surface area contributed by atoms with Crippen LogP contribution in [0.25, 0.3) is 11.5 Å². The molecule has 1 heterocycles. The summed E-state index contributed by atoms with van der Waals surface area (Å²) in [5.41, 5.74) is 0.870. The van der Waals surface area contributed by atoms with Crippen molar-refractivity contribution < 1.29 is 14.3 Å². The van der Waals surface area contributed by atoms with Crippen molar-refractivity contribution in [3.63, 3.8) is 0 Å². The van der Waals surface area contributed by atoms with E-state index in [1.807, 2.05) is 36.4 Å². The molecule has 0 spiro atoms. The van der Waals surface area contributed by atoms with Crippen molar-refractivity contribution in [2.75, 3.05) is 11.9 Å². The number of anilines is 1. The molecule has 6 nitrogen and oxygen atoms in total. The summed E-state index contributed by atoms with van der Waals surface area (Å²) in [5, 5.41) is 20.3. The second-order valence-corrected chi connectivity index (χ2v) is 3.75. The SMILES string of the molecule is N#Cc1nc(-c2ccccc2)oc1NCCC(=O)O. The largest absolute Gasteiger partial charge is 0.481 e. The Morgan fingerprint density at radius 2 is 2.16 bits per heavy atom. The summed E-state index contributed by atoms with van der Waals surface area (Å²) >= 11 is 0. The molecule has 0 aliphatic rings. The van der Waals surface area contributed by atoms with E-state index in [4.69, 9.17) is 14.8 Å². The Kier molecular flexibility index (Phi) is 3.78. The lowest BCUT2D eigenvalue weighted by Crippen LogP contribution is -2.07. The molecule has 0 saturated carbocycles. The van der Waals surface area contributed by atoms with Crippen molar-refractivity contribution in [1.82, 2.24) is 4.98 Å². The lowest BCUT2D eigenvalue weighted by Gasteiger charge is -1.99. The molecule has 1 aromatic carbocycles. The Morgan fingerprint density at radius 3 is 2.79 bits per heavy atom. The third kappa shape index (κ3) is 3.10. The molecule has 1 aromatic heterocycles. The smallest absolute Gasteiger partial charge is 0.305 e. The van der Waals surface area contributed by atoms with Gasteiger partial charge in [0, 0.05) is 12.1 Å². The highest BCUT2D eigenvalue weighted by Crippen LogP contribution is 2.24. The average Bonchev–Trinajstić information content (AvgIpc) is 2.83. The molecule has 0 radical (unpaired) electrons. The number of carboxylic acid groups (broad SMARTS) is 1. The molecule has 0 saturated heterocycles. The molecule has 6 heteroatoms. The Morgan fingerprint density at radius 1 is 1.42 bits per heavy atom. The molecule has 19 heavy (non-hydrogen) atoms. The van der Waals surface area contributed by atoms with E-state index in [0.29, 0.717) is 5.89 Å². The van der Waals surface area contributed by atoms with E-state index in [0.717, 1.165) is 5.56 Å². The quantitative estimate of drug-likeness (QED) is 0.850. The van der Waals surface area contributed by atoms with Gasteiger partial charge < -0.3 is 14.8 Å². The van der Waals surface area contributed by atoms with Crippen LogP contribution in [0.4, 0.5) is 5.88 Å². The van der Waals surface area contributed by atoms with Crippen molar-refractivity contribution in [2.45, 2.75) is 6.42 Å². The number of rotatable bonds is 5. The number of aromatic nitrogens is 1. The molecule has 2 aromatic rings. The summed E-state index contributed by atoms with van der Waals surface area (Å²) in [6.45, 7) is 0.174. The molecule has 0 unspecified atom stereocenters. The number of hydrogen-bond acceptors (Lipinski definition) is 5. The topological polar surface area (TPSA) is 99.2 Å². The van der Waals surface area contributed by atoms with E-state index in [1.54, 1.807) is 0 Å². The first-order valence-electron chi connectivity index (χ1n) is 5.62. The Balaban J connectivity index is 2.19. The lowest BCUT2D eigenvalue weighted by molar-refractivity contribution is -0.136. The van der Waals surface area contributed by atoms with E-state index >= 15 is 0 Å². The van der Waals surface area contributed by atoms with Gasteiger partial charge in [-0.05, 0) is 12.1 Å². The molecule has 0 fully saturated rings. The van der Waals surface area contributed by atoms with Gasteiger partial charge in [0.05, 0.1) is 6.42 Å². The summed E-state index contributed by atoms with van der Waals surface area (Å²) in [6.07, 6.45) is -0.0633. The first-order valence-corrected chi connectivity index (χ1v) is 5.62. The fourth-order valence-corrected chi connectivity index (χ4v) is 1.50. The summed E-state index contributed by atoms with van der Waals surface area (Å²) in [6, 6.07) is 11.1. The number of oxazole rings is 1. The lowest BCUT2D eigenvalue weighted by atomic mass is 10.2. The number of nitriles is 1. The highest BCUT2D eigenvalue weighted by molar-refractivity contribution is 5.67. The van der Waals surface area contributed by atoms with Gasteiger partial charge in [-0.2, -0.15) is 10.2 Å². The maximum atomic E-state index is 10.4. The molecular weight excluding hydrogens is 246 g/mol. The molecule has 0 amide bonds. The minimum Gasteiger partial charge on any atom is -0.481 e. The van der Waals surface area contributed by atoms with Gasteiger partial charge in [0.15, 0.2) is 0 Å². The van der Waals surface area contributed by atoms with Gasteiger partial charge in [0.1, 0.15) is 6.07 Å². The van der Waals surface area contributed by atoms with Crippen molar-refractivity contribution in [1.29, 1.82) is 5.26 Å². The summed E-state index contributed by atoms with van der Waals surface area (Å²) < 4.78 is 5.44. The van der Waals surface area contributed by atoms with Crippen molar-refractivity contribution >= 4 is 11.9 Å². The molecule has 0 bridgehead atoms. The van der Waals surface area contributed by atoms with Crippen molar-refractivity contribution in [2.24, 2.45) is 0 Å². The number of aliphatic carboxylic acids is 1. The van der Waals surface area contributed by atoms with Crippen molar-refractivity contribution in [3.8, 4) is 17.5 Å². The van der Waals surface area contributed by atoms with Crippen LogP contribution in [0.1, 0.15) is 12.1 Å². The van der Waals surface area contributed by atoms with Crippen LogP contribution in [-0.2, 0) is 4.79 Å². The van der Waals surface area contributed by atoms with E-state index in [1.165, 1.54) is 0 Å². The van der Waals surface area contributed by atoms with E-state index in [9.17, 15) is 4.79 Å². The molecule has 0 aliphatic heterocycles. The maximum Gasteiger partial charge on any atom is 0.305 e. The predicted octanol–water partition coefficient (Wildman–Crippen LogP) is 2.10. The van der Waals surface area contributed by atoms with Crippen LogP contribution < -0.4 is 5.32 Å². The van der Waals surface area contributed by atoms with Crippen LogP contribution in [0.2, 0.25) is 0 Å². The van der Waals surface area contributed by atoms with Gasteiger partial charge in [0.2, 0.25) is 17.5 Å². The molecule has 2 N–H and O–H groups in total. The highest BCUT2D eigenvalue weighted by Gasteiger charge is 2.14. The van der Waals surface area contributed by atoms with Gasteiger partial charge in [-0.15, -0.1) is 0 Å². The standard InChI is InChI=1S/C13H11N3O3/c14-8-10-13(15-7-6-11(17)18)19-12(16-10)9-4-2-1-3-5-9/h1-5,15H,6-7H2,(H,17,18). The zero-order valence-corrected chi connectivity index (χ0v) is 9.96. The van der Waals surface area contributed by atoms with Crippen LogP contribution in [0.15, 0.2) is 34.7 Å². The molecule has 0 atom stereocenters. The highest BCUT2D eigenvalue weighted by atomic mass is 16.4. The third-order valence-corrected chi connectivity index (χ3v) is 2.38. The first kappa shape index (κ1) is 12.6. The number of hydrogen-bond donors (Lipinski definition) is 2. The fraction of sp³-hybridized carbons (Fsp3) is 0.154. The number of carbonyl (C=O) groups is 1. The minimum atomic E-state index is -0.922. The number of nitrogens with zero attached hydrogens (tertiary/aromatic N) is 2. The van der Waals surface area contributed by atoms with Crippen LogP contribution >= 0.6 is 0 Å². The van der Waals surface area contributed by atoms with Gasteiger partial charge in [-0.25, -0.2) is 0 Å². The van der Waals surface area contributed by atoms with Crippen molar-refractivity contribution in [3.05, 3.63) is 36.0 Å². The second-order valence-electron chi connectivity index (χ2n) is 3.75. The zero-order valence-electron chi connectivity index (χ0n) is 9.96. The molecule has 96 valence electrons. The summed E-state index contributed by atoms with van der Waals surface area (Å²) in [4.78, 5) is 14.5. The number of benzene rings is 1. The summed E-state index contributed by atoms with van der Waals surface area (Å²) in [7, 11) is 0. The van der Waals surface area contributed by atoms with Gasteiger partial charge in [-0.3, -0.25) is 4.79 Å². The van der Waals surface area contributed by atoms with Gasteiger partial charge in [-0.1, -0.05) is 18.2 Å². The Labute approximate surface area is 109 Å². The average molecular weight is 257 g/mol. The Hall–Kier alpha value is -2.81. The van der Waals surface area contributed by atoms with Crippen LogP contribution in [-0.4, -0.2) is 22.6 Å². The monoisotopic (exact) mass is 257 g/mol. The first-order chi connectivity index (χ1) is 9.20. The van der Waals surface area contributed by atoms with Crippen LogP contribution in [0.5, 0.6) is 0 Å². The maximum absolute atomic E-state index is 10.4. The van der Waals surface area contributed by atoms with Gasteiger partial charge >= 0.3 is 5.97 Å². The number of carboxylic acids is 1. The second kappa shape index (κ2) is 5.69. The molecule has 0 aliphatic carbocycles. The summed E-state index contributed by atoms with van der Waals surface area (Å²) in [5.74, 6) is -0.397. The van der Waals surface area contributed by atoms with Crippen LogP contribution in [0, 0.1) is 11.3 Å². The molecule has 2 rings (SSSR count). The van der Waals surface area contributed by atoms with Gasteiger partial charge in [0.25, 0.3) is 0 Å². The third-order valence-electron chi connectivity index (χ3n) is 2.38. The minimum absolute atomic E-state index is 0.0633. The zero-order chi connectivity index (χ0) is 13.7. The fourth-order valence-electron chi connectivity index (χ4n) is 1.50. The number of nitrogens with one attached hydrogen (secondary N) is 1. The van der Waals surface area contributed by atoms with Crippen LogP contribution in [0.3, 0.4) is 0 Å².